The second-order valence-electron chi connectivity index (χ2n) is 5.21. The molecule has 1 fully saturated rings. The number of aliphatic hydroxyl groups excluding tert-OH is 1. The van der Waals surface area contributed by atoms with Crippen LogP contribution in [0, 0.1) is 11.8 Å². The largest absolute Gasteiger partial charge is 0.443 e. The van der Waals surface area contributed by atoms with Crippen LogP contribution in [-0.2, 0) is 6.18 Å². The quantitative estimate of drug-likeness (QED) is 0.895. The summed E-state index contributed by atoms with van der Waals surface area (Å²) in [6.45, 7) is 2.12. The molecule has 1 N–H and O–H groups in total. The van der Waals surface area contributed by atoms with E-state index in [1.54, 1.807) is 0 Å². The molecule has 2 rings (SSSR count). The second kappa shape index (κ2) is 5.79. The first-order valence-electron chi connectivity index (χ1n) is 6.62. The maximum atomic E-state index is 12.5. The summed E-state index contributed by atoms with van der Waals surface area (Å²) in [5.74, 6) is 0.656. The first kappa shape index (κ1) is 14.8. The smallest absolute Gasteiger partial charge is 0.387 e. The van der Waals surface area contributed by atoms with Gasteiger partial charge >= 0.3 is 6.18 Å². The predicted octanol–water partition coefficient (Wildman–Crippen LogP) is 4.41. The molecular weight excluding hydrogens is 275 g/mol. The van der Waals surface area contributed by atoms with Gasteiger partial charge in [-0.15, -0.1) is 11.3 Å². The average molecular weight is 293 g/mol. The van der Waals surface area contributed by atoms with Crippen LogP contribution in [0.3, 0.4) is 0 Å². The minimum Gasteiger partial charge on any atom is -0.387 e. The van der Waals surface area contributed by atoms with Gasteiger partial charge < -0.3 is 5.11 Å². The van der Waals surface area contributed by atoms with Crippen LogP contribution in [0.4, 0.5) is 13.2 Å². The summed E-state index contributed by atoms with van der Waals surface area (Å²) in [5, 5.41) is 9.37. The maximum absolute atomic E-state index is 12.5. The SMILES string of the molecule is CCC1CCCC(C(O)c2cnc(C(F)(F)F)s2)C1. The minimum absolute atomic E-state index is 0.0697. The summed E-state index contributed by atoms with van der Waals surface area (Å²) in [6, 6.07) is 0. The number of alkyl halides is 3. The molecule has 2 nitrogen and oxygen atoms in total. The van der Waals surface area contributed by atoms with Crippen molar-refractivity contribution in [3.05, 3.63) is 16.1 Å². The Morgan fingerprint density at radius 1 is 1.47 bits per heavy atom. The zero-order valence-electron chi connectivity index (χ0n) is 10.8. The average Bonchev–Trinajstić information content (AvgIpc) is 2.87. The van der Waals surface area contributed by atoms with E-state index in [0.717, 1.165) is 32.1 Å². The fraction of sp³-hybridized carbons (Fsp3) is 0.769. The van der Waals surface area contributed by atoms with E-state index in [1.165, 1.54) is 6.20 Å². The Labute approximate surface area is 114 Å². The third kappa shape index (κ3) is 3.48. The third-order valence-corrected chi connectivity index (χ3v) is 5.02. The summed E-state index contributed by atoms with van der Waals surface area (Å²) in [4.78, 5) is 3.72. The number of hydrogen-bond acceptors (Lipinski definition) is 3. The molecule has 1 aromatic heterocycles. The van der Waals surface area contributed by atoms with Gasteiger partial charge in [0.1, 0.15) is 0 Å². The summed E-state index contributed by atoms with van der Waals surface area (Å²) < 4.78 is 37.5. The Bertz CT molecular complexity index is 418. The van der Waals surface area contributed by atoms with Gasteiger partial charge in [-0.25, -0.2) is 4.98 Å². The molecule has 1 heterocycles. The van der Waals surface area contributed by atoms with Gasteiger partial charge in [0, 0.05) is 6.20 Å². The van der Waals surface area contributed by atoms with E-state index in [9.17, 15) is 18.3 Å². The first-order valence-corrected chi connectivity index (χ1v) is 7.44. The molecule has 0 spiro atoms. The van der Waals surface area contributed by atoms with Gasteiger partial charge in [0.25, 0.3) is 0 Å². The first-order chi connectivity index (χ1) is 8.91. The molecule has 0 saturated heterocycles. The number of thiazole rings is 1. The maximum Gasteiger partial charge on any atom is 0.443 e. The standard InChI is InChI=1S/C13H18F3NOS/c1-2-8-4-3-5-9(6-8)11(18)10-7-17-12(19-10)13(14,15)16/h7-9,11,18H,2-6H2,1H3. The van der Waals surface area contributed by atoms with Crippen molar-refractivity contribution in [1.29, 1.82) is 0 Å². The molecular formula is C13H18F3NOS. The van der Waals surface area contributed by atoms with Crippen LogP contribution in [0.5, 0.6) is 0 Å². The van der Waals surface area contributed by atoms with E-state index in [2.05, 4.69) is 11.9 Å². The lowest BCUT2D eigenvalue weighted by atomic mass is 9.77. The van der Waals surface area contributed by atoms with Crippen molar-refractivity contribution < 1.29 is 18.3 Å². The van der Waals surface area contributed by atoms with E-state index in [-0.39, 0.29) is 5.92 Å². The highest BCUT2D eigenvalue weighted by atomic mass is 32.1. The lowest BCUT2D eigenvalue weighted by Gasteiger charge is -2.31. The monoisotopic (exact) mass is 293 g/mol. The van der Waals surface area contributed by atoms with E-state index in [4.69, 9.17) is 0 Å². The van der Waals surface area contributed by atoms with E-state index in [0.29, 0.717) is 22.1 Å². The highest BCUT2D eigenvalue weighted by Gasteiger charge is 2.36. The van der Waals surface area contributed by atoms with Gasteiger partial charge in [-0.1, -0.05) is 26.2 Å². The van der Waals surface area contributed by atoms with E-state index < -0.39 is 17.3 Å². The molecule has 1 aliphatic rings. The van der Waals surface area contributed by atoms with E-state index in [1.807, 2.05) is 0 Å². The number of rotatable bonds is 3. The van der Waals surface area contributed by atoms with Crippen molar-refractivity contribution >= 4 is 11.3 Å². The molecule has 3 atom stereocenters. The Morgan fingerprint density at radius 3 is 2.79 bits per heavy atom. The molecule has 0 radical (unpaired) electrons. The van der Waals surface area contributed by atoms with Crippen molar-refractivity contribution in [2.24, 2.45) is 11.8 Å². The zero-order valence-corrected chi connectivity index (χ0v) is 11.6. The summed E-state index contributed by atoms with van der Waals surface area (Å²) in [6.07, 6.45) is 1.02. The third-order valence-electron chi connectivity index (χ3n) is 3.90. The molecule has 19 heavy (non-hydrogen) atoms. The van der Waals surface area contributed by atoms with Gasteiger partial charge in [-0.3, -0.25) is 0 Å². The van der Waals surface area contributed by atoms with Crippen molar-refractivity contribution in [2.45, 2.75) is 51.3 Å². The van der Waals surface area contributed by atoms with Crippen LogP contribution in [0.2, 0.25) is 0 Å². The topological polar surface area (TPSA) is 33.1 Å². The molecule has 108 valence electrons. The Balaban J connectivity index is 2.06. The number of hydrogen-bond donors (Lipinski definition) is 1. The number of aromatic nitrogens is 1. The molecule has 0 aliphatic heterocycles. The fourth-order valence-corrected chi connectivity index (χ4v) is 3.64. The lowest BCUT2D eigenvalue weighted by molar-refractivity contribution is -0.137. The zero-order chi connectivity index (χ0) is 14.0. The van der Waals surface area contributed by atoms with Gasteiger partial charge in [-0.2, -0.15) is 13.2 Å². The highest BCUT2D eigenvalue weighted by Crippen LogP contribution is 2.41. The Kier molecular flexibility index (Phi) is 4.50. The Morgan fingerprint density at radius 2 is 2.21 bits per heavy atom. The van der Waals surface area contributed by atoms with Crippen LogP contribution >= 0.6 is 11.3 Å². The molecule has 6 heteroatoms. The van der Waals surface area contributed by atoms with Gasteiger partial charge in [0.15, 0.2) is 5.01 Å². The van der Waals surface area contributed by atoms with E-state index >= 15 is 0 Å². The van der Waals surface area contributed by atoms with Crippen molar-refractivity contribution in [1.82, 2.24) is 4.98 Å². The van der Waals surface area contributed by atoms with Crippen molar-refractivity contribution in [3.8, 4) is 0 Å². The Hall–Kier alpha value is -0.620. The number of halogens is 3. The van der Waals surface area contributed by atoms with Crippen molar-refractivity contribution in [2.75, 3.05) is 0 Å². The van der Waals surface area contributed by atoms with Crippen LogP contribution in [0.25, 0.3) is 0 Å². The lowest BCUT2D eigenvalue weighted by Crippen LogP contribution is -2.20. The number of aliphatic hydroxyl groups is 1. The number of nitrogens with zero attached hydrogens (tertiary/aromatic N) is 1. The van der Waals surface area contributed by atoms with Crippen LogP contribution < -0.4 is 0 Å². The summed E-state index contributed by atoms with van der Waals surface area (Å²) in [7, 11) is 0. The molecule has 1 saturated carbocycles. The summed E-state index contributed by atoms with van der Waals surface area (Å²) in [5.41, 5.74) is 0. The molecule has 0 bridgehead atoms. The second-order valence-corrected chi connectivity index (χ2v) is 6.27. The van der Waals surface area contributed by atoms with Crippen molar-refractivity contribution in [3.63, 3.8) is 0 Å². The normalized spacial score (nSPS) is 26.4. The highest BCUT2D eigenvalue weighted by molar-refractivity contribution is 7.11. The molecule has 0 amide bonds. The molecule has 1 aromatic rings. The molecule has 0 aromatic carbocycles. The minimum atomic E-state index is -4.42. The summed E-state index contributed by atoms with van der Waals surface area (Å²) >= 11 is 0.564. The molecule has 1 aliphatic carbocycles. The van der Waals surface area contributed by atoms with Crippen LogP contribution in [0.1, 0.15) is 55.0 Å². The van der Waals surface area contributed by atoms with Crippen LogP contribution in [0.15, 0.2) is 6.20 Å². The predicted molar refractivity (Wildman–Crippen MR) is 67.8 cm³/mol. The molecule has 3 unspecified atom stereocenters. The van der Waals surface area contributed by atoms with Crippen LogP contribution in [-0.4, -0.2) is 10.1 Å². The van der Waals surface area contributed by atoms with Gasteiger partial charge in [0.05, 0.1) is 11.0 Å². The fourth-order valence-electron chi connectivity index (χ4n) is 2.78. The van der Waals surface area contributed by atoms with Gasteiger partial charge in [-0.05, 0) is 24.7 Å². The van der Waals surface area contributed by atoms with Gasteiger partial charge in [0.2, 0.25) is 0 Å².